The second kappa shape index (κ2) is 10.4. The zero-order valence-electron chi connectivity index (χ0n) is 19.0. The van der Waals surface area contributed by atoms with Gasteiger partial charge in [-0.15, -0.1) is 10.2 Å². The van der Waals surface area contributed by atoms with Crippen molar-refractivity contribution >= 4 is 23.4 Å². The summed E-state index contributed by atoms with van der Waals surface area (Å²) >= 11 is 1.34. The molecule has 174 valence electrons. The van der Waals surface area contributed by atoms with E-state index >= 15 is 0 Å². The molecule has 0 saturated heterocycles. The van der Waals surface area contributed by atoms with Crippen LogP contribution in [0.15, 0.2) is 90.3 Å². The monoisotopic (exact) mass is 481 g/mol. The minimum Gasteiger partial charge on any atom is -0.325 e. The van der Waals surface area contributed by atoms with Gasteiger partial charge in [-0.05, 0) is 30.2 Å². The van der Waals surface area contributed by atoms with E-state index in [1.807, 2.05) is 77.4 Å². The number of carbonyl (C=O) groups is 1. The Morgan fingerprint density at radius 3 is 2.63 bits per heavy atom. The number of rotatable bonds is 8. The van der Waals surface area contributed by atoms with Crippen molar-refractivity contribution < 1.29 is 4.79 Å². The average Bonchev–Trinajstić information content (AvgIpc) is 3.58. The number of anilines is 1. The first kappa shape index (κ1) is 22.5. The highest BCUT2D eigenvalue weighted by Crippen LogP contribution is 2.28. The molecule has 0 spiro atoms. The summed E-state index contributed by atoms with van der Waals surface area (Å²) in [4.78, 5) is 17.5. The first-order valence-corrected chi connectivity index (χ1v) is 12.2. The summed E-state index contributed by atoms with van der Waals surface area (Å²) in [6.07, 6.45) is 2.57. The molecule has 2 N–H and O–H groups in total. The Balaban J connectivity index is 1.30. The molecule has 5 aromatic rings. The van der Waals surface area contributed by atoms with E-state index in [4.69, 9.17) is 0 Å². The second-order valence-electron chi connectivity index (χ2n) is 7.72. The fraction of sp³-hybridized carbons (Fsp3) is 0.115. The van der Waals surface area contributed by atoms with E-state index in [1.54, 1.807) is 6.33 Å². The topological polar surface area (TPSA) is 101 Å². The normalized spacial score (nSPS) is 10.9. The number of H-pyrrole nitrogens is 1. The molecular weight excluding hydrogens is 458 g/mol. The molecule has 1 amide bonds. The minimum atomic E-state index is -0.149. The van der Waals surface area contributed by atoms with Crippen LogP contribution in [0.5, 0.6) is 0 Å². The molecule has 0 aliphatic heterocycles. The van der Waals surface area contributed by atoms with Crippen LogP contribution in [0.4, 0.5) is 5.69 Å². The van der Waals surface area contributed by atoms with Crippen LogP contribution >= 0.6 is 11.8 Å². The number of benzene rings is 3. The first-order valence-electron chi connectivity index (χ1n) is 11.2. The van der Waals surface area contributed by atoms with Gasteiger partial charge in [-0.2, -0.15) is 5.10 Å². The lowest BCUT2D eigenvalue weighted by molar-refractivity contribution is -0.113. The molecule has 0 fully saturated rings. The van der Waals surface area contributed by atoms with E-state index in [0.717, 1.165) is 23.2 Å². The smallest absolute Gasteiger partial charge is 0.234 e. The van der Waals surface area contributed by atoms with Gasteiger partial charge in [0.2, 0.25) is 5.91 Å². The zero-order valence-corrected chi connectivity index (χ0v) is 19.9. The van der Waals surface area contributed by atoms with Crippen molar-refractivity contribution in [3.63, 3.8) is 0 Å². The van der Waals surface area contributed by atoms with Crippen LogP contribution in [0.1, 0.15) is 12.5 Å². The molecule has 0 radical (unpaired) electrons. The Kier molecular flexibility index (Phi) is 6.67. The van der Waals surface area contributed by atoms with E-state index in [1.165, 1.54) is 17.3 Å². The molecule has 0 aliphatic rings. The summed E-state index contributed by atoms with van der Waals surface area (Å²) in [6.45, 7) is 2.11. The fourth-order valence-corrected chi connectivity index (χ4v) is 4.47. The number of aromatic nitrogens is 6. The summed E-state index contributed by atoms with van der Waals surface area (Å²) in [5.74, 6) is 1.23. The van der Waals surface area contributed by atoms with Crippen LogP contribution in [0.25, 0.3) is 28.5 Å². The number of aromatic amines is 1. The Hall–Kier alpha value is -4.24. The van der Waals surface area contributed by atoms with Crippen molar-refractivity contribution in [2.45, 2.75) is 18.5 Å². The molecule has 2 aromatic heterocycles. The predicted molar refractivity (Wildman–Crippen MR) is 137 cm³/mol. The lowest BCUT2D eigenvalue weighted by Gasteiger charge is -2.11. The molecule has 3 aromatic carbocycles. The van der Waals surface area contributed by atoms with Gasteiger partial charge in [0.05, 0.1) is 17.1 Å². The number of amides is 1. The van der Waals surface area contributed by atoms with Crippen molar-refractivity contribution in [1.82, 2.24) is 29.9 Å². The van der Waals surface area contributed by atoms with Crippen molar-refractivity contribution in [3.05, 3.63) is 90.8 Å². The highest BCUT2D eigenvalue weighted by atomic mass is 32.2. The Morgan fingerprint density at radius 2 is 1.77 bits per heavy atom. The summed E-state index contributed by atoms with van der Waals surface area (Å²) in [7, 11) is 0. The van der Waals surface area contributed by atoms with E-state index in [9.17, 15) is 4.79 Å². The van der Waals surface area contributed by atoms with Gasteiger partial charge in [0.15, 0.2) is 16.8 Å². The summed E-state index contributed by atoms with van der Waals surface area (Å²) in [5, 5.41) is 19.3. The number of para-hydroxylation sites is 2. The maximum Gasteiger partial charge on any atom is 0.234 e. The van der Waals surface area contributed by atoms with Crippen molar-refractivity contribution in [2.24, 2.45) is 0 Å². The third kappa shape index (κ3) is 4.99. The maximum atomic E-state index is 12.9. The molecule has 2 heterocycles. The SMILES string of the molecule is CCc1ccccc1-n1cnnc1SCC(=O)Nc1ccccc1-c1nc(-c2ccccc2)n[nH]1. The van der Waals surface area contributed by atoms with Crippen LogP contribution in [0, 0.1) is 0 Å². The van der Waals surface area contributed by atoms with E-state index in [-0.39, 0.29) is 11.7 Å². The lowest BCUT2D eigenvalue weighted by atomic mass is 10.1. The molecule has 5 rings (SSSR count). The molecular formula is C26H23N7OS. The third-order valence-electron chi connectivity index (χ3n) is 5.45. The van der Waals surface area contributed by atoms with Gasteiger partial charge in [0.25, 0.3) is 0 Å². The number of aryl methyl sites for hydroxylation is 1. The summed E-state index contributed by atoms with van der Waals surface area (Å²) in [6, 6.07) is 25.4. The second-order valence-corrected chi connectivity index (χ2v) is 8.66. The molecule has 0 unspecified atom stereocenters. The summed E-state index contributed by atoms with van der Waals surface area (Å²) < 4.78 is 1.92. The molecule has 8 nitrogen and oxygen atoms in total. The summed E-state index contributed by atoms with van der Waals surface area (Å²) in [5.41, 5.74) is 4.55. The van der Waals surface area contributed by atoms with Gasteiger partial charge in [-0.1, -0.05) is 79.3 Å². The van der Waals surface area contributed by atoms with Crippen LogP contribution in [-0.4, -0.2) is 41.6 Å². The predicted octanol–water partition coefficient (Wildman–Crippen LogP) is 5.01. The molecule has 0 atom stereocenters. The van der Waals surface area contributed by atoms with E-state index in [0.29, 0.717) is 22.5 Å². The minimum absolute atomic E-state index is 0.149. The molecule has 0 bridgehead atoms. The molecule has 9 heteroatoms. The highest BCUT2D eigenvalue weighted by molar-refractivity contribution is 7.99. The standard InChI is InChI=1S/C26H23N7OS/c1-2-18-10-6-9-15-22(18)33-17-27-32-26(33)35-16-23(34)28-21-14-8-7-13-20(21)25-29-24(30-31-25)19-11-4-3-5-12-19/h3-15,17H,2,16H2,1H3,(H,28,34)(H,29,30,31). The van der Waals surface area contributed by atoms with E-state index < -0.39 is 0 Å². The van der Waals surface area contributed by atoms with Gasteiger partial charge in [0, 0.05) is 11.1 Å². The van der Waals surface area contributed by atoms with Crippen molar-refractivity contribution in [3.8, 4) is 28.5 Å². The van der Waals surface area contributed by atoms with Crippen LogP contribution in [0.2, 0.25) is 0 Å². The van der Waals surface area contributed by atoms with Crippen LogP contribution in [0.3, 0.4) is 0 Å². The van der Waals surface area contributed by atoms with Crippen molar-refractivity contribution in [2.75, 3.05) is 11.1 Å². The highest BCUT2D eigenvalue weighted by Gasteiger charge is 2.15. The van der Waals surface area contributed by atoms with Gasteiger partial charge in [-0.3, -0.25) is 14.5 Å². The van der Waals surface area contributed by atoms with Crippen LogP contribution < -0.4 is 5.32 Å². The molecule has 0 aliphatic carbocycles. The number of carbonyl (C=O) groups excluding carboxylic acids is 1. The largest absolute Gasteiger partial charge is 0.325 e. The Bertz CT molecular complexity index is 1440. The maximum absolute atomic E-state index is 12.9. The molecule has 0 saturated carbocycles. The van der Waals surface area contributed by atoms with Crippen molar-refractivity contribution in [1.29, 1.82) is 0 Å². The first-order chi connectivity index (χ1) is 17.2. The Morgan fingerprint density at radius 1 is 1.00 bits per heavy atom. The van der Waals surface area contributed by atoms with Gasteiger partial charge in [-0.25, -0.2) is 4.98 Å². The number of thioether (sulfide) groups is 1. The van der Waals surface area contributed by atoms with Crippen LogP contribution in [-0.2, 0) is 11.2 Å². The number of hydrogen-bond donors (Lipinski definition) is 2. The number of nitrogens with one attached hydrogen (secondary N) is 2. The van der Waals surface area contributed by atoms with Gasteiger partial charge >= 0.3 is 0 Å². The van der Waals surface area contributed by atoms with Gasteiger partial charge in [0.1, 0.15) is 6.33 Å². The average molecular weight is 482 g/mol. The van der Waals surface area contributed by atoms with E-state index in [2.05, 4.69) is 43.7 Å². The number of hydrogen-bond acceptors (Lipinski definition) is 6. The Labute approximate surface area is 206 Å². The number of nitrogens with zero attached hydrogens (tertiary/aromatic N) is 5. The lowest BCUT2D eigenvalue weighted by Crippen LogP contribution is -2.15. The fourth-order valence-electron chi connectivity index (χ4n) is 3.75. The molecule has 35 heavy (non-hydrogen) atoms. The zero-order chi connectivity index (χ0) is 24.0. The quantitative estimate of drug-likeness (QED) is 0.302. The third-order valence-corrected chi connectivity index (χ3v) is 6.40. The van der Waals surface area contributed by atoms with Gasteiger partial charge < -0.3 is 5.32 Å².